The van der Waals surface area contributed by atoms with Crippen LogP contribution in [0.1, 0.15) is 44.9 Å². The molecule has 0 heterocycles. The van der Waals surface area contributed by atoms with E-state index in [0.29, 0.717) is 6.42 Å². The van der Waals surface area contributed by atoms with Crippen LogP contribution in [0, 0.1) is 11.3 Å². The average Bonchev–Trinajstić information content (AvgIpc) is 2.26. The van der Waals surface area contributed by atoms with Gasteiger partial charge >= 0.3 is 0 Å². The lowest BCUT2D eigenvalue weighted by atomic mass is 10.2. The molecule has 0 N–H and O–H groups in total. The lowest BCUT2D eigenvalue weighted by Gasteiger charge is -1.89. The van der Waals surface area contributed by atoms with Crippen LogP contribution in [0.15, 0.2) is 37.0 Å². The Morgan fingerprint density at radius 2 is 1.60 bits per heavy atom. The molecule has 0 aromatic rings. The summed E-state index contributed by atoms with van der Waals surface area (Å²) >= 11 is 0. The van der Waals surface area contributed by atoms with E-state index in [2.05, 4.69) is 37.0 Å². The van der Waals surface area contributed by atoms with Crippen molar-refractivity contribution in [2.75, 3.05) is 0 Å². The smallest absolute Gasteiger partial charge is 0.0621 e. The molecule has 0 aliphatic heterocycles. The van der Waals surface area contributed by atoms with Crippen molar-refractivity contribution >= 4 is 0 Å². The highest BCUT2D eigenvalue weighted by molar-refractivity contribution is 4.93. The second-order valence-corrected chi connectivity index (χ2v) is 3.45. The van der Waals surface area contributed by atoms with Crippen molar-refractivity contribution in [2.24, 2.45) is 0 Å². The number of allylic oxidation sites excluding steroid dienone is 5. The minimum absolute atomic E-state index is 0.668. The van der Waals surface area contributed by atoms with Gasteiger partial charge in [-0.05, 0) is 38.5 Å². The molecule has 1 heteroatoms. The molecular weight excluding hydrogens is 182 g/mol. The van der Waals surface area contributed by atoms with Gasteiger partial charge in [-0.1, -0.05) is 30.4 Å². The van der Waals surface area contributed by atoms with Crippen molar-refractivity contribution in [1.82, 2.24) is 0 Å². The maximum Gasteiger partial charge on any atom is 0.0621 e. The Hall–Kier alpha value is -1.29. The Bertz CT molecular complexity index is 230. The lowest BCUT2D eigenvalue weighted by molar-refractivity contribution is 0.866. The summed E-state index contributed by atoms with van der Waals surface area (Å²) in [6, 6.07) is 2.14. The van der Waals surface area contributed by atoms with Gasteiger partial charge in [-0.25, -0.2) is 0 Å². The van der Waals surface area contributed by atoms with Crippen molar-refractivity contribution in [1.29, 1.82) is 5.26 Å². The fourth-order valence-corrected chi connectivity index (χ4v) is 1.19. The summed E-state index contributed by atoms with van der Waals surface area (Å²) in [6.45, 7) is 3.69. The van der Waals surface area contributed by atoms with E-state index in [1.807, 2.05) is 6.08 Å². The van der Waals surface area contributed by atoms with Crippen LogP contribution in [0.25, 0.3) is 0 Å². The second kappa shape index (κ2) is 12.7. The first-order chi connectivity index (χ1) is 7.41. The van der Waals surface area contributed by atoms with Crippen LogP contribution < -0.4 is 0 Å². The second-order valence-electron chi connectivity index (χ2n) is 3.45. The summed E-state index contributed by atoms with van der Waals surface area (Å²) in [5.41, 5.74) is 0. The molecule has 1 nitrogen and oxygen atoms in total. The summed E-state index contributed by atoms with van der Waals surface area (Å²) in [4.78, 5) is 0. The summed E-state index contributed by atoms with van der Waals surface area (Å²) in [5, 5.41) is 8.32. The zero-order valence-electron chi connectivity index (χ0n) is 9.49. The molecule has 0 atom stereocenters. The number of nitrogens with zero attached hydrogens (tertiary/aromatic N) is 1. The maximum atomic E-state index is 8.32. The van der Waals surface area contributed by atoms with Gasteiger partial charge in [-0.3, -0.25) is 0 Å². The molecule has 0 aromatic heterocycles. The predicted octanol–water partition coefficient (Wildman–Crippen LogP) is 4.54. The molecule has 0 aliphatic rings. The Balaban J connectivity index is 3.21. The topological polar surface area (TPSA) is 23.8 Å². The van der Waals surface area contributed by atoms with Gasteiger partial charge in [0, 0.05) is 6.42 Å². The molecule has 0 radical (unpaired) electrons. The molecule has 0 unspecified atom stereocenters. The molecule has 15 heavy (non-hydrogen) atoms. The molecule has 0 fully saturated rings. The molecule has 82 valence electrons. The van der Waals surface area contributed by atoms with Crippen LogP contribution in [0.5, 0.6) is 0 Å². The Morgan fingerprint density at radius 1 is 0.933 bits per heavy atom. The van der Waals surface area contributed by atoms with E-state index in [0.717, 1.165) is 32.1 Å². The molecule has 0 spiro atoms. The van der Waals surface area contributed by atoms with Crippen LogP contribution in [-0.4, -0.2) is 0 Å². The van der Waals surface area contributed by atoms with E-state index < -0.39 is 0 Å². The third-order valence-electron chi connectivity index (χ3n) is 2.04. The first-order valence-electron chi connectivity index (χ1n) is 5.69. The van der Waals surface area contributed by atoms with E-state index >= 15 is 0 Å². The van der Waals surface area contributed by atoms with Crippen LogP contribution in [0.2, 0.25) is 0 Å². The van der Waals surface area contributed by atoms with Crippen molar-refractivity contribution < 1.29 is 0 Å². The molecule has 0 rings (SSSR count). The van der Waals surface area contributed by atoms with Gasteiger partial charge in [0.15, 0.2) is 0 Å². The Labute approximate surface area is 93.8 Å². The normalized spacial score (nSPS) is 10.9. The summed E-state index contributed by atoms with van der Waals surface area (Å²) in [5.74, 6) is 0. The van der Waals surface area contributed by atoms with Gasteiger partial charge in [0.25, 0.3) is 0 Å². The van der Waals surface area contributed by atoms with Crippen molar-refractivity contribution in [3.8, 4) is 6.07 Å². The average molecular weight is 203 g/mol. The minimum atomic E-state index is 0.668. The number of hydrogen-bond acceptors (Lipinski definition) is 1. The zero-order chi connectivity index (χ0) is 11.2. The Kier molecular flexibility index (Phi) is 11.6. The highest BCUT2D eigenvalue weighted by atomic mass is 14.2. The molecular formula is C14H21N. The van der Waals surface area contributed by atoms with Gasteiger partial charge in [0.05, 0.1) is 6.07 Å². The van der Waals surface area contributed by atoms with Crippen LogP contribution in [0.3, 0.4) is 0 Å². The summed E-state index contributed by atoms with van der Waals surface area (Å²) in [7, 11) is 0. The molecule has 0 saturated carbocycles. The molecule has 0 aromatic carbocycles. The monoisotopic (exact) mass is 203 g/mol. The largest absolute Gasteiger partial charge is 0.198 e. The molecule has 0 saturated heterocycles. The standard InChI is InChI=1S/C14H21N/c1-2-3-4-5-6-7-8-9-10-11-12-13-14-15/h2,6-7,9-10H,1,3-5,8,11-13H2/b7-6+,10-9+. The third-order valence-corrected chi connectivity index (χ3v) is 2.04. The summed E-state index contributed by atoms with van der Waals surface area (Å²) in [6.07, 6.45) is 17.9. The lowest BCUT2D eigenvalue weighted by Crippen LogP contribution is -1.69. The highest BCUT2D eigenvalue weighted by Gasteiger charge is 1.81. The number of hydrogen-bond donors (Lipinski definition) is 0. The van der Waals surface area contributed by atoms with Crippen molar-refractivity contribution in [3.05, 3.63) is 37.0 Å². The Morgan fingerprint density at radius 3 is 2.20 bits per heavy atom. The fourth-order valence-electron chi connectivity index (χ4n) is 1.19. The first kappa shape index (κ1) is 13.7. The zero-order valence-corrected chi connectivity index (χ0v) is 9.49. The number of rotatable bonds is 9. The van der Waals surface area contributed by atoms with E-state index in [-0.39, 0.29) is 0 Å². The summed E-state index contributed by atoms with van der Waals surface area (Å²) < 4.78 is 0. The fraction of sp³-hybridized carbons (Fsp3) is 0.500. The first-order valence-corrected chi connectivity index (χ1v) is 5.69. The highest BCUT2D eigenvalue weighted by Crippen LogP contribution is 1.99. The third kappa shape index (κ3) is 12.7. The minimum Gasteiger partial charge on any atom is -0.198 e. The van der Waals surface area contributed by atoms with E-state index in [9.17, 15) is 0 Å². The van der Waals surface area contributed by atoms with Crippen LogP contribution in [0.4, 0.5) is 0 Å². The van der Waals surface area contributed by atoms with E-state index in [1.54, 1.807) is 0 Å². The van der Waals surface area contributed by atoms with E-state index in [4.69, 9.17) is 5.26 Å². The quantitative estimate of drug-likeness (QED) is 0.398. The van der Waals surface area contributed by atoms with Gasteiger partial charge < -0.3 is 0 Å². The van der Waals surface area contributed by atoms with E-state index in [1.165, 1.54) is 6.42 Å². The van der Waals surface area contributed by atoms with Crippen LogP contribution >= 0.6 is 0 Å². The maximum absolute atomic E-state index is 8.32. The van der Waals surface area contributed by atoms with Gasteiger partial charge in [0.1, 0.15) is 0 Å². The number of unbranched alkanes of at least 4 members (excludes halogenated alkanes) is 4. The molecule has 0 aliphatic carbocycles. The van der Waals surface area contributed by atoms with Gasteiger partial charge in [-0.15, -0.1) is 6.58 Å². The molecule has 0 bridgehead atoms. The predicted molar refractivity (Wildman–Crippen MR) is 66.4 cm³/mol. The molecule has 0 amide bonds. The van der Waals surface area contributed by atoms with Crippen LogP contribution in [-0.2, 0) is 0 Å². The van der Waals surface area contributed by atoms with Gasteiger partial charge in [0.2, 0.25) is 0 Å². The van der Waals surface area contributed by atoms with Crippen molar-refractivity contribution in [3.63, 3.8) is 0 Å². The SMILES string of the molecule is C=CCCC/C=C/C/C=C/CCCC#N. The van der Waals surface area contributed by atoms with Gasteiger partial charge in [-0.2, -0.15) is 5.26 Å². The number of nitriles is 1. The van der Waals surface area contributed by atoms with Crippen molar-refractivity contribution in [2.45, 2.75) is 44.9 Å².